The van der Waals surface area contributed by atoms with Crippen molar-refractivity contribution in [1.82, 2.24) is 15.0 Å². The van der Waals surface area contributed by atoms with Gasteiger partial charge in [-0.25, -0.2) is 17.9 Å². The molecule has 0 aliphatic carbocycles. The third-order valence-corrected chi connectivity index (χ3v) is 6.94. The van der Waals surface area contributed by atoms with Crippen LogP contribution in [0.25, 0.3) is 11.3 Å². The van der Waals surface area contributed by atoms with Crippen molar-refractivity contribution in [3.8, 4) is 11.3 Å². The lowest BCUT2D eigenvalue weighted by Crippen LogP contribution is -2.55. The lowest BCUT2D eigenvalue weighted by atomic mass is 9.97. The summed E-state index contributed by atoms with van der Waals surface area (Å²) in [6.45, 7) is -0.505. The number of aliphatic hydroxyl groups excluding tert-OH is 3. The van der Waals surface area contributed by atoms with E-state index in [1.165, 1.54) is 18.0 Å². The average Bonchev–Trinajstić information content (AvgIpc) is 3.30. The molecule has 0 unspecified atom stereocenters. The maximum Gasteiger partial charge on any atom is 0.194 e. The van der Waals surface area contributed by atoms with Crippen molar-refractivity contribution in [1.29, 1.82) is 0 Å². The highest BCUT2D eigenvalue weighted by molar-refractivity contribution is 7.99. The molecule has 0 spiro atoms. The van der Waals surface area contributed by atoms with E-state index in [1.54, 1.807) is 12.1 Å². The summed E-state index contributed by atoms with van der Waals surface area (Å²) in [5, 5.41) is 39.7. The fraction of sp³-hybridized carbons (Fsp3) is 0.364. The molecule has 3 N–H and O–H groups in total. The van der Waals surface area contributed by atoms with E-state index in [0.717, 1.165) is 22.4 Å². The summed E-state index contributed by atoms with van der Waals surface area (Å²) in [5.41, 5.74) is 0.186. The molecule has 0 amide bonds. The van der Waals surface area contributed by atoms with E-state index >= 15 is 0 Å². The van der Waals surface area contributed by atoms with Crippen molar-refractivity contribution in [2.24, 2.45) is 0 Å². The van der Waals surface area contributed by atoms with Gasteiger partial charge in [0.05, 0.1) is 12.8 Å². The highest BCUT2D eigenvalue weighted by Gasteiger charge is 2.46. The van der Waals surface area contributed by atoms with Gasteiger partial charge in [0.2, 0.25) is 0 Å². The highest BCUT2D eigenvalue weighted by atomic mass is 35.5. The lowest BCUT2D eigenvalue weighted by molar-refractivity contribution is -0.178. The summed E-state index contributed by atoms with van der Waals surface area (Å²) in [5.74, 6) is -3.79. The first-order valence-corrected chi connectivity index (χ1v) is 11.8. The Balaban J connectivity index is 1.51. The Bertz CT molecular complexity index is 1110. The van der Waals surface area contributed by atoms with Crippen molar-refractivity contribution >= 4 is 23.4 Å². The molecule has 1 aliphatic rings. The Labute approximate surface area is 202 Å². The minimum absolute atomic E-state index is 0.0104. The molecule has 1 aromatic heterocycles. The van der Waals surface area contributed by atoms with Gasteiger partial charge in [0, 0.05) is 10.6 Å². The molecule has 2 heterocycles. The van der Waals surface area contributed by atoms with Gasteiger partial charge in [-0.05, 0) is 42.0 Å². The van der Waals surface area contributed by atoms with Crippen LogP contribution in [0.3, 0.4) is 0 Å². The molecule has 7 nitrogen and oxygen atoms in total. The van der Waals surface area contributed by atoms with E-state index in [4.69, 9.17) is 16.3 Å². The van der Waals surface area contributed by atoms with Crippen LogP contribution >= 0.6 is 23.4 Å². The number of hydrogen-bond donors (Lipinski definition) is 3. The zero-order valence-electron chi connectivity index (χ0n) is 17.6. The van der Waals surface area contributed by atoms with Gasteiger partial charge in [0.25, 0.3) is 0 Å². The van der Waals surface area contributed by atoms with Crippen molar-refractivity contribution in [2.75, 3.05) is 12.4 Å². The van der Waals surface area contributed by atoms with Gasteiger partial charge in [-0.1, -0.05) is 28.9 Å². The first kappa shape index (κ1) is 25.0. The zero-order chi connectivity index (χ0) is 24.4. The summed E-state index contributed by atoms with van der Waals surface area (Å²) in [7, 11) is 0. The molecule has 1 aliphatic heterocycles. The minimum atomic E-state index is -1.60. The molecule has 1 fully saturated rings. The molecule has 3 aromatic rings. The normalized spacial score (nSPS) is 25.0. The Hall–Kier alpha value is -2.15. The van der Waals surface area contributed by atoms with Gasteiger partial charge in [-0.2, -0.15) is 0 Å². The predicted molar refractivity (Wildman–Crippen MR) is 120 cm³/mol. The molecule has 4 rings (SSSR count). The monoisotopic (exact) mass is 515 g/mol. The zero-order valence-corrected chi connectivity index (χ0v) is 19.1. The van der Waals surface area contributed by atoms with Gasteiger partial charge in [0.15, 0.2) is 17.5 Å². The molecule has 0 saturated carbocycles. The number of aromatic nitrogens is 3. The Kier molecular flexibility index (Phi) is 7.80. The molecule has 2 aromatic carbocycles. The molecule has 0 radical (unpaired) electrons. The number of hydrogen-bond acceptors (Lipinski definition) is 7. The summed E-state index contributed by atoms with van der Waals surface area (Å²) in [4.78, 5) is 0. The van der Waals surface area contributed by atoms with E-state index in [0.29, 0.717) is 17.2 Å². The number of aliphatic hydroxyl groups is 3. The molecule has 1 saturated heterocycles. The van der Waals surface area contributed by atoms with E-state index in [2.05, 4.69) is 10.3 Å². The Morgan fingerprint density at radius 3 is 2.38 bits per heavy atom. The summed E-state index contributed by atoms with van der Waals surface area (Å²) in [6.07, 6.45) is -1.65. The second-order valence-electron chi connectivity index (χ2n) is 7.78. The Morgan fingerprint density at radius 2 is 1.74 bits per heavy atom. The van der Waals surface area contributed by atoms with Crippen molar-refractivity contribution in [2.45, 2.75) is 36.2 Å². The molecule has 12 heteroatoms. The highest BCUT2D eigenvalue weighted by Crippen LogP contribution is 2.35. The van der Waals surface area contributed by atoms with Crippen LogP contribution < -0.4 is 0 Å². The fourth-order valence-corrected chi connectivity index (χ4v) is 5.01. The van der Waals surface area contributed by atoms with Gasteiger partial charge in [-0.15, -0.1) is 16.9 Å². The van der Waals surface area contributed by atoms with Crippen molar-refractivity contribution in [3.63, 3.8) is 0 Å². The third kappa shape index (κ3) is 5.24. The van der Waals surface area contributed by atoms with Gasteiger partial charge < -0.3 is 20.1 Å². The van der Waals surface area contributed by atoms with E-state index in [-0.39, 0.29) is 11.3 Å². The largest absolute Gasteiger partial charge is 0.394 e. The average molecular weight is 516 g/mol. The molecule has 5 atom stereocenters. The van der Waals surface area contributed by atoms with Gasteiger partial charge in [-0.3, -0.25) is 0 Å². The SMILES string of the molecule is OC[C@H]1O[C@H](SCCc2ccc(Cl)cc2)[C@H](O)[C@@H](n2cc(-c3cc(F)c(F)c(F)c3)nn2)[C@H]1O. The number of thioether (sulfide) groups is 1. The minimum Gasteiger partial charge on any atom is -0.394 e. The number of rotatable bonds is 7. The van der Waals surface area contributed by atoms with Crippen LogP contribution in [0.1, 0.15) is 11.6 Å². The van der Waals surface area contributed by atoms with Crippen LogP contribution in [0.15, 0.2) is 42.6 Å². The van der Waals surface area contributed by atoms with Crippen LogP contribution in [0, 0.1) is 17.5 Å². The quantitative estimate of drug-likeness (QED) is 0.416. The van der Waals surface area contributed by atoms with Crippen molar-refractivity contribution < 1.29 is 33.2 Å². The van der Waals surface area contributed by atoms with Crippen molar-refractivity contribution in [3.05, 3.63) is 70.6 Å². The van der Waals surface area contributed by atoms with Gasteiger partial charge >= 0.3 is 0 Å². The third-order valence-electron chi connectivity index (χ3n) is 5.53. The van der Waals surface area contributed by atoms with Crippen LogP contribution in [0.4, 0.5) is 13.2 Å². The number of benzene rings is 2. The standard InChI is InChI=1S/C22H21ClF3N3O4S/c23-13-3-1-11(2-4-13)5-6-34-22-21(32)19(20(31)17(10-30)33-22)29-9-16(27-28-29)12-7-14(24)18(26)15(25)8-12/h1-4,7-9,17,19-22,30-32H,5-6,10H2/t17-,19+,20+,21-,22-/m1/s1. The van der Waals surface area contributed by atoms with E-state index in [1.807, 2.05) is 12.1 Å². The summed E-state index contributed by atoms with van der Waals surface area (Å²) < 4.78 is 47.4. The first-order chi connectivity index (χ1) is 16.3. The second kappa shape index (κ2) is 10.6. The van der Waals surface area contributed by atoms with Crippen LogP contribution in [-0.2, 0) is 11.2 Å². The summed E-state index contributed by atoms with van der Waals surface area (Å²) in [6, 6.07) is 7.83. The maximum atomic E-state index is 13.6. The van der Waals surface area contributed by atoms with Crippen LogP contribution in [0.2, 0.25) is 5.02 Å². The number of aryl methyl sites for hydroxylation is 1. The molecule has 34 heavy (non-hydrogen) atoms. The Morgan fingerprint density at radius 1 is 1.06 bits per heavy atom. The molecule has 182 valence electrons. The van der Waals surface area contributed by atoms with E-state index < -0.39 is 53.8 Å². The maximum absolute atomic E-state index is 13.6. The fourth-order valence-electron chi connectivity index (χ4n) is 3.72. The van der Waals surface area contributed by atoms with Crippen LogP contribution in [-0.4, -0.2) is 66.4 Å². The lowest BCUT2D eigenvalue weighted by Gasteiger charge is -2.41. The summed E-state index contributed by atoms with van der Waals surface area (Å²) >= 11 is 7.20. The van der Waals surface area contributed by atoms with E-state index in [9.17, 15) is 28.5 Å². The molecular formula is C22H21ClF3N3O4S. The second-order valence-corrected chi connectivity index (χ2v) is 9.42. The molecule has 0 bridgehead atoms. The first-order valence-electron chi connectivity index (χ1n) is 10.3. The number of halogens is 4. The molecular weight excluding hydrogens is 495 g/mol. The predicted octanol–water partition coefficient (Wildman–Crippen LogP) is 2.97. The number of ether oxygens (including phenoxy) is 1. The number of nitrogens with zero attached hydrogens (tertiary/aromatic N) is 3. The van der Waals surface area contributed by atoms with Crippen LogP contribution in [0.5, 0.6) is 0 Å². The topological polar surface area (TPSA) is 101 Å². The smallest absolute Gasteiger partial charge is 0.194 e. The van der Waals surface area contributed by atoms with Gasteiger partial charge in [0.1, 0.15) is 35.5 Å².